The van der Waals surface area contributed by atoms with Gasteiger partial charge in [-0.3, -0.25) is 14.6 Å². The molecule has 0 spiro atoms. The van der Waals surface area contributed by atoms with E-state index in [1.807, 2.05) is 30.3 Å². The van der Waals surface area contributed by atoms with Crippen LogP contribution in [0.3, 0.4) is 0 Å². The fourth-order valence-electron chi connectivity index (χ4n) is 2.62. The second kappa shape index (κ2) is 5.58. The lowest BCUT2D eigenvalue weighted by molar-refractivity contribution is 0.102. The Morgan fingerprint density at radius 1 is 1.00 bits per heavy atom. The summed E-state index contributed by atoms with van der Waals surface area (Å²) in [6, 6.07) is 16.3. The first-order chi connectivity index (χ1) is 11.7. The van der Waals surface area contributed by atoms with Crippen LogP contribution in [0, 0.1) is 0 Å². The molecule has 2 aromatic carbocycles. The summed E-state index contributed by atoms with van der Waals surface area (Å²) < 4.78 is 0. The normalized spacial score (nSPS) is 10.8. The SMILES string of the molecule is O=C(Nc1cnc2ccccc2c1)c1n[nH]c(=O)c2ccccc12. The van der Waals surface area contributed by atoms with E-state index in [9.17, 15) is 9.59 Å². The number of aromatic nitrogens is 3. The zero-order valence-corrected chi connectivity index (χ0v) is 12.5. The standard InChI is InChI=1S/C18H12N4O2/c23-17-14-7-3-2-6-13(14)16(21-22-17)18(24)20-12-9-11-5-1-4-8-15(11)19-10-12/h1-10H,(H,20,24)(H,22,23). The number of nitrogens with one attached hydrogen (secondary N) is 2. The largest absolute Gasteiger partial charge is 0.319 e. The molecular formula is C18H12N4O2. The Kier molecular flexibility index (Phi) is 3.28. The van der Waals surface area contributed by atoms with E-state index in [0.29, 0.717) is 16.5 Å². The summed E-state index contributed by atoms with van der Waals surface area (Å²) in [6.45, 7) is 0. The van der Waals surface area contributed by atoms with Crippen LogP contribution in [0.2, 0.25) is 0 Å². The number of amides is 1. The van der Waals surface area contributed by atoms with Crippen LogP contribution < -0.4 is 10.9 Å². The number of hydrogen-bond acceptors (Lipinski definition) is 4. The molecule has 24 heavy (non-hydrogen) atoms. The van der Waals surface area contributed by atoms with Gasteiger partial charge in [0.05, 0.1) is 22.8 Å². The molecule has 0 atom stereocenters. The molecule has 1 amide bonds. The van der Waals surface area contributed by atoms with E-state index < -0.39 is 5.91 Å². The van der Waals surface area contributed by atoms with Gasteiger partial charge in [-0.2, -0.15) is 5.10 Å². The van der Waals surface area contributed by atoms with Crippen molar-refractivity contribution >= 4 is 33.3 Å². The van der Waals surface area contributed by atoms with Gasteiger partial charge >= 0.3 is 0 Å². The van der Waals surface area contributed by atoms with Gasteiger partial charge in [0.25, 0.3) is 11.5 Å². The molecule has 0 aliphatic heterocycles. The fourth-order valence-corrected chi connectivity index (χ4v) is 2.62. The number of aromatic amines is 1. The predicted octanol–water partition coefficient (Wildman–Crippen LogP) is 2.72. The molecular weight excluding hydrogens is 304 g/mol. The maximum Gasteiger partial charge on any atom is 0.276 e. The van der Waals surface area contributed by atoms with E-state index in [2.05, 4.69) is 20.5 Å². The van der Waals surface area contributed by atoms with Gasteiger partial charge in [-0.15, -0.1) is 0 Å². The Balaban J connectivity index is 1.73. The lowest BCUT2D eigenvalue weighted by Crippen LogP contribution is -2.19. The van der Waals surface area contributed by atoms with Crippen LogP contribution in [0.15, 0.2) is 65.6 Å². The van der Waals surface area contributed by atoms with E-state index in [1.54, 1.807) is 30.5 Å². The monoisotopic (exact) mass is 316 g/mol. The second-order valence-electron chi connectivity index (χ2n) is 5.32. The van der Waals surface area contributed by atoms with Crippen LogP contribution >= 0.6 is 0 Å². The van der Waals surface area contributed by atoms with Gasteiger partial charge in [-0.25, -0.2) is 5.10 Å². The highest BCUT2D eigenvalue weighted by Crippen LogP contribution is 2.18. The zero-order chi connectivity index (χ0) is 16.5. The van der Waals surface area contributed by atoms with Gasteiger partial charge in [0.15, 0.2) is 5.69 Å². The topological polar surface area (TPSA) is 87.7 Å². The molecule has 6 nitrogen and oxygen atoms in total. The third-order valence-corrected chi connectivity index (χ3v) is 3.76. The molecule has 2 heterocycles. The molecule has 0 saturated heterocycles. The van der Waals surface area contributed by atoms with Gasteiger partial charge in [0.1, 0.15) is 0 Å². The van der Waals surface area contributed by atoms with Crippen LogP contribution in [0.4, 0.5) is 5.69 Å². The summed E-state index contributed by atoms with van der Waals surface area (Å²) in [6.07, 6.45) is 1.59. The molecule has 6 heteroatoms. The number of para-hydroxylation sites is 1. The number of H-pyrrole nitrogens is 1. The summed E-state index contributed by atoms with van der Waals surface area (Å²) in [5, 5.41) is 10.9. The van der Waals surface area contributed by atoms with Crippen molar-refractivity contribution in [3.63, 3.8) is 0 Å². The van der Waals surface area contributed by atoms with Crippen molar-refractivity contribution in [3.8, 4) is 0 Å². The molecule has 0 aliphatic rings. The Morgan fingerprint density at radius 3 is 2.62 bits per heavy atom. The van der Waals surface area contributed by atoms with Crippen molar-refractivity contribution in [2.45, 2.75) is 0 Å². The summed E-state index contributed by atoms with van der Waals surface area (Å²) >= 11 is 0. The number of rotatable bonds is 2. The fraction of sp³-hybridized carbons (Fsp3) is 0. The lowest BCUT2D eigenvalue weighted by Gasteiger charge is -2.07. The van der Waals surface area contributed by atoms with Crippen molar-refractivity contribution in [2.75, 3.05) is 5.32 Å². The van der Waals surface area contributed by atoms with E-state index in [0.717, 1.165) is 10.9 Å². The minimum Gasteiger partial charge on any atom is -0.319 e. The van der Waals surface area contributed by atoms with Crippen LogP contribution in [0.25, 0.3) is 21.7 Å². The van der Waals surface area contributed by atoms with Crippen LogP contribution in [0.5, 0.6) is 0 Å². The number of benzene rings is 2. The lowest BCUT2D eigenvalue weighted by atomic mass is 10.1. The number of anilines is 1. The molecule has 116 valence electrons. The van der Waals surface area contributed by atoms with Crippen LogP contribution in [0.1, 0.15) is 10.5 Å². The Bertz CT molecular complexity index is 1130. The van der Waals surface area contributed by atoms with Crippen molar-refractivity contribution in [2.24, 2.45) is 0 Å². The maximum atomic E-state index is 12.6. The van der Waals surface area contributed by atoms with E-state index in [4.69, 9.17) is 0 Å². The van der Waals surface area contributed by atoms with Gasteiger partial charge in [-0.05, 0) is 18.2 Å². The van der Waals surface area contributed by atoms with Gasteiger partial charge < -0.3 is 5.32 Å². The highest BCUT2D eigenvalue weighted by atomic mass is 16.2. The molecule has 0 fully saturated rings. The van der Waals surface area contributed by atoms with Gasteiger partial charge in [0, 0.05) is 10.8 Å². The average molecular weight is 316 g/mol. The molecule has 2 aromatic heterocycles. The number of nitrogens with zero attached hydrogens (tertiary/aromatic N) is 2. The summed E-state index contributed by atoms with van der Waals surface area (Å²) in [4.78, 5) is 28.7. The quantitative estimate of drug-likeness (QED) is 0.595. The van der Waals surface area contributed by atoms with Crippen LogP contribution in [-0.4, -0.2) is 21.1 Å². The summed E-state index contributed by atoms with van der Waals surface area (Å²) in [7, 11) is 0. The third kappa shape index (κ3) is 2.40. The Labute approximate surface area is 136 Å². The van der Waals surface area contributed by atoms with Gasteiger partial charge in [-0.1, -0.05) is 36.4 Å². The minimum absolute atomic E-state index is 0.165. The Morgan fingerprint density at radius 2 is 1.75 bits per heavy atom. The average Bonchev–Trinajstić information content (AvgIpc) is 2.62. The van der Waals surface area contributed by atoms with Crippen molar-refractivity contribution < 1.29 is 4.79 Å². The molecule has 0 saturated carbocycles. The third-order valence-electron chi connectivity index (χ3n) is 3.76. The molecule has 0 unspecified atom stereocenters. The van der Waals surface area contributed by atoms with Crippen molar-refractivity contribution in [1.82, 2.24) is 15.2 Å². The number of hydrogen-bond donors (Lipinski definition) is 2. The number of carbonyl (C=O) groups is 1. The smallest absolute Gasteiger partial charge is 0.276 e. The van der Waals surface area contributed by atoms with E-state index in [-0.39, 0.29) is 11.3 Å². The zero-order valence-electron chi connectivity index (χ0n) is 12.5. The number of carbonyl (C=O) groups excluding carboxylic acids is 1. The highest BCUT2D eigenvalue weighted by Gasteiger charge is 2.14. The second-order valence-corrected chi connectivity index (χ2v) is 5.32. The molecule has 4 rings (SSSR count). The van der Waals surface area contributed by atoms with Crippen LogP contribution in [-0.2, 0) is 0 Å². The minimum atomic E-state index is -0.403. The molecule has 4 aromatic rings. The van der Waals surface area contributed by atoms with E-state index >= 15 is 0 Å². The molecule has 0 aliphatic carbocycles. The van der Waals surface area contributed by atoms with Crippen molar-refractivity contribution in [1.29, 1.82) is 0 Å². The first kappa shape index (κ1) is 14.1. The number of fused-ring (bicyclic) bond motifs is 2. The van der Waals surface area contributed by atoms with Crippen molar-refractivity contribution in [3.05, 3.63) is 76.8 Å². The first-order valence-electron chi connectivity index (χ1n) is 7.36. The summed E-state index contributed by atoms with van der Waals surface area (Å²) in [5.41, 5.74) is 1.26. The van der Waals surface area contributed by atoms with E-state index in [1.165, 1.54) is 0 Å². The predicted molar refractivity (Wildman–Crippen MR) is 92.1 cm³/mol. The highest BCUT2D eigenvalue weighted by molar-refractivity contribution is 6.11. The number of pyridine rings is 1. The first-order valence-corrected chi connectivity index (χ1v) is 7.36. The molecule has 2 N–H and O–H groups in total. The molecule has 0 radical (unpaired) electrons. The maximum absolute atomic E-state index is 12.6. The van der Waals surface area contributed by atoms with Gasteiger partial charge in [0.2, 0.25) is 0 Å². The summed E-state index contributed by atoms with van der Waals surface area (Å²) in [5.74, 6) is -0.403. The Hall–Kier alpha value is -3.54. The molecule has 0 bridgehead atoms.